The van der Waals surface area contributed by atoms with Crippen molar-refractivity contribution in [2.75, 3.05) is 5.32 Å². The number of fused-ring (bicyclic) bond motifs is 2. The van der Waals surface area contributed by atoms with Crippen LogP contribution in [-0.2, 0) is 35.6 Å². The van der Waals surface area contributed by atoms with Crippen molar-refractivity contribution in [3.05, 3.63) is 34.9 Å². The van der Waals surface area contributed by atoms with Gasteiger partial charge in [-0.3, -0.25) is 4.98 Å². The first-order chi connectivity index (χ1) is 14.3. The van der Waals surface area contributed by atoms with E-state index in [1.165, 1.54) is 0 Å². The number of pyridine rings is 1. The Morgan fingerprint density at radius 3 is 2.40 bits per heavy atom. The molecule has 0 radical (unpaired) electrons. The molecule has 4 rings (SSSR count). The smallest absolute Gasteiger partial charge is 0.305 e. The number of halogens is 2. The number of urea groups is 1. The minimum absolute atomic E-state index is 0.228. The van der Waals surface area contributed by atoms with Gasteiger partial charge in [0.05, 0.1) is 11.9 Å². The molecular formula is C19H24F2N6O2S. The van der Waals surface area contributed by atoms with Gasteiger partial charge in [-0.05, 0) is 56.1 Å². The van der Waals surface area contributed by atoms with Gasteiger partial charge in [-0.2, -0.15) is 13.9 Å². The minimum atomic E-state index is -3.71. The van der Waals surface area contributed by atoms with E-state index >= 15 is 0 Å². The molecule has 0 saturated carbocycles. The molecule has 2 aromatic heterocycles. The standard InChI is InChI=1S/C19H24F2N6O2S/c20-18(21)27-11-12(10-23-27)30(22,29)26-19(28)25-17-13-6-3-1-2-4-8-15(13)24-16-9-5-7-14(16)17/h10-11,18H,1-9H2,(H3,22,24,25,26,28,29). The van der Waals surface area contributed by atoms with Gasteiger partial charge >= 0.3 is 12.6 Å². The molecule has 0 saturated heterocycles. The Hall–Kier alpha value is -2.40. The van der Waals surface area contributed by atoms with Crippen molar-refractivity contribution in [3.63, 3.8) is 0 Å². The van der Waals surface area contributed by atoms with Crippen LogP contribution in [0.3, 0.4) is 0 Å². The first-order valence-corrected chi connectivity index (χ1v) is 11.6. The molecule has 0 bridgehead atoms. The number of hydrogen-bond donors (Lipinski definition) is 2. The van der Waals surface area contributed by atoms with Crippen molar-refractivity contribution in [3.8, 4) is 0 Å². The Balaban J connectivity index is 1.67. The summed E-state index contributed by atoms with van der Waals surface area (Å²) in [6, 6.07) is -0.864. The second kappa shape index (κ2) is 8.38. The number of anilines is 1. The SMILES string of the molecule is NS(=O)(=NC(=O)Nc1c2c(nc3c1CCC3)CCCCCC2)c1cnn(C(F)F)c1. The van der Waals surface area contributed by atoms with E-state index in [1.807, 2.05) is 0 Å². The van der Waals surface area contributed by atoms with Gasteiger partial charge in [0, 0.05) is 17.6 Å². The highest BCUT2D eigenvalue weighted by molar-refractivity contribution is 7.91. The lowest BCUT2D eigenvalue weighted by atomic mass is 9.93. The molecule has 0 aliphatic heterocycles. The highest BCUT2D eigenvalue weighted by atomic mass is 32.2. The number of nitrogens with two attached hydrogens (primary N) is 1. The summed E-state index contributed by atoms with van der Waals surface area (Å²) in [4.78, 5) is 17.3. The Kier molecular flexibility index (Phi) is 5.83. The molecule has 3 N–H and O–H groups in total. The van der Waals surface area contributed by atoms with E-state index in [0.29, 0.717) is 10.4 Å². The number of rotatable bonds is 3. The van der Waals surface area contributed by atoms with Crippen LogP contribution < -0.4 is 10.5 Å². The topological polar surface area (TPSA) is 115 Å². The third kappa shape index (κ3) is 4.22. The largest absolute Gasteiger partial charge is 0.354 e. The lowest BCUT2D eigenvalue weighted by molar-refractivity contribution is 0.0564. The average molecular weight is 439 g/mol. The van der Waals surface area contributed by atoms with E-state index < -0.39 is 22.5 Å². The second-order valence-corrected chi connectivity index (χ2v) is 9.42. The zero-order chi connectivity index (χ0) is 21.3. The predicted octanol–water partition coefficient (Wildman–Crippen LogP) is 3.75. The van der Waals surface area contributed by atoms with Crippen LogP contribution in [0, 0.1) is 0 Å². The van der Waals surface area contributed by atoms with Crippen molar-refractivity contribution < 1.29 is 17.8 Å². The maximum absolute atomic E-state index is 12.7. The first-order valence-electron chi connectivity index (χ1n) is 10.1. The molecule has 2 aliphatic carbocycles. The van der Waals surface area contributed by atoms with Crippen LogP contribution in [0.2, 0.25) is 0 Å². The van der Waals surface area contributed by atoms with Crippen LogP contribution in [0.1, 0.15) is 61.2 Å². The van der Waals surface area contributed by atoms with Gasteiger partial charge in [-0.1, -0.05) is 12.8 Å². The van der Waals surface area contributed by atoms with Gasteiger partial charge in [-0.15, -0.1) is 4.36 Å². The molecule has 0 aromatic carbocycles. The summed E-state index contributed by atoms with van der Waals surface area (Å²) >= 11 is 0. The number of aromatic nitrogens is 3. The molecule has 2 aliphatic rings. The maximum Gasteiger partial charge on any atom is 0.354 e. The quantitative estimate of drug-likeness (QED) is 0.759. The summed E-state index contributed by atoms with van der Waals surface area (Å²) in [5.41, 5.74) is 4.75. The van der Waals surface area contributed by atoms with Crippen molar-refractivity contribution >= 4 is 21.6 Å². The van der Waals surface area contributed by atoms with Crippen molar-refractivity contribution in [2.45, 2.75) is 69.2 Å². The van der Waals surface area contributed by atoms with Gasteiger partial charge in [0.15, 0.2) is 0 Å². The number of hydrogen-bond acceptors (Lipinski definition) is 4. The van der Waals surface area contributed by atoms with E-state index in [2.05, 4.69) is 14.8 Å². The summed E-state index contributed by atoms with van der Waals surface area (Å²) in [6.07, 6.45) is 10.4. The minimum Gasteiger partial charge on any atom is -0.305 e. The lowest BCUT2D eigenvalue weighted by Gasteiger charge is -2.20. The lowest BCUT2D eigenvalue weighted by Crippen LogP contribution is -2.19. The van der Waals surface area contributed by atoms with Crippen LogP contribution in [0.4, 0.5) is 19.3 Å². The molecule has 2 aromatic rings. The highest BCUT2D eigenvalue weighted by Gasteiger charge is 2.25. The van der Waals surface area contributed by atoms with E-state index in [9.17, 15) is 17.8 Å². The fourth-order valence-corrected chi connectivity index (χ4v) is 4.99. The predicted molar refractivity (Wildman–Crippen MR) is 108 cm³/mol. The summed E-state index contributed by atoms with van der Waals surface area (Å²) < 4.78 is 42.0. The van der Waals surface area contributed by atoms with Gasteiger partial charge < -0.3 is 5.32 Å². The average Bonchev–Trinajstić information content (AvgIpc) is 3.32. The number of amides is 2. The maximum atomic E-state index is 12.7. The molecule has 30 heavy (non-hydrogen) atoms. The van der Waals surface area contributed by atoms with Crippen molar-refractivity contribution in [2.24, 2.45) is 9.50 Å². The summed E-state index contributed by atoms with van der Waals surface area (Å²) in [7, 11) is -3.71. The number of aryl methyl sites for hydroxylation is 2. The first kappa shape index (κ1) is 20.9. The molecule has 2 heterocycles. The van der Waals surface area contributed by atoms with Crippen LogP contribution in [-0.4, -0.2) is 25.0 Å². The van der Waals surface area contributed by atoms with Crippen LogP contribution >= 0.6 is 0 Å². The molecule has 1 atom stereocenters. The molecule has 1 unspecified atom stereocenters. The van der Waals surface area contributed by atoms with E-state index in [-0.39, 0.29) is 4.90 Å². The number of carbonyl (C=O) groups is 1. The summed E-state index contributed by atoms with van der Waals surface area (Å²) in [5.74, 6) is 0. The van der Waals surface area contributed by atoms with Gasteiger partial charge in [0.2, 0.25) is 0 Å². The second-order valence-electron chi connectivity index (χ2n) is 7.63. The molecule has 2 amide bonds. The van der Waals surface area contributed by atoms with Crippen LogP contribution in [0.5, 0.6) is 0 Å². The molecule has 8 nitrogen and oxygen atoms in total. The number of nitrogens with one attached hydrogen (secondary N) is 1. The Morgan fingerprint density at radius 1 is 1.10 bits per heavy atom. The zero-order valence-corrected chi connectivity index (χ0v) is 17.3. The fraction of sp³-hybridized carbons (Fsp3) is 0.526. The number of alkyl halides is 2. The monoisotopic (exact) mass is 438 g/mol. The third-order valence-electron chi connectivity index (χ3n) is 5.57. The molecule has 0 spiro atoms. The molecule has 11 heteroatoms. The molecule has 0 fully saturated rings. The van der Waals surface area contributed by atoms with E-state index in [4.69, 9.17) is 10.1 Å². The molecular weight excluding hydrogens is 414 g/mol. The van der Waals surface area contributed by atoms with E-state index in [1.54, 1.807) is 0 Å². The van der Waals surface area contributed by atoms with E-state index in [0.717, 1.165) is 92.7 Å². The highest BCUT2D eigenvalue weighted by Crippen LogP contribution is 2.35. The molecule has 162 valence electrons. The Morgan fingerprint density at radius 2 is 1.73 bits per heavy atom. The van der Waals surface area contributed by atoms with Gasteiger partial charge in [0.25, 0.3) is 0 Å². The Labute approximate surface area is 173 Å². The van der Waals surface area contributed by atoms with Gasteiger partial charge in [-0.25, -0.2) is 18.8 Å². The fourth-order valence-electron chi connectivity index (χ4n) is 4.14. The van der Waals surface area contributed by atoms with Crippen molar-refractivity contribution in [1.82, 2.24) is 14.8 Å². The summed E-state index contributed by atoms with van der Waals surface area (Å²) in [5, 5.41) is 11.9. The number of carbonyl (C=O) groups excluding carboxylic acids is 1. The summed E-state index contributed by atoms with van der Waals surface area (Å²) in [6.45, 7) is -2.90. The van der Waals surface area contributed by atoms with Crippen LogP contribution in [0.25, 0.3) is 0 Å². The Bertz CT molecular complexity index is 1090. The van der Waals surface area contributed by atoms with Crippen molar-refractivity contribution in [1.29, 1.82) is 0 Å². The van der Waals surface area contributed by atoms with Crippen LogP contribution in [0.15, 0.2) is 21.7 Å². The van der Waals surface area contributed by atoms with Gasteiger partial charge in [0.1, 0.15) is 14.8 Å². The number of nitrogens with zero attached hydrogens (tertiary/aromatic N) is 4. The zero-order valence-electron chi connectivity index (χ0n) is 16.4. The third-order valence-corrected chi connectivity index (χ3v) is 6.89. The normalized spacial score (nSPS) is 18.1.